The number of amides is 1. The van der Waals surface area contributed by atoms with E-state index in [0.29, 0.717) is 25.9 Å². The summed E-state index contributed by atoms with van der Waals surface area (Å²) in [7, 11) is 0. The lowest BCUT2D eigenvalue weighted by Crippen LogP contribution is -2.32. The van der Waals surface area contributed by atoms with Crippen LogP contribution in [0, 0.1) is 0 Å². The lowest BCUT2D eigenvalue weighted by atomic mass is 10.2. The van der Waals surface area contributed by atoms with Crippen molar-refractivity contribution < 1.29 is 22.7 Å². The van der Waals surface area contributed by atoms with Crippen molar-refractivity contribution in [2.45, 2.75) is 25.1 Å². The van der Waals surface area contributed by atoms with Crippen molar-refractivity contribution in [1.29, 1.82) is 0 Å². The van der Waals surface area contributed by atoms with Gasteiger partial charge in [0.15, 0.2) is 0 Å². The van der Waals surface area contributed by atoms with E-state index in [2.05, 4.69) is 15.4 Å². The molecule has 0 saturated carbocycles. The Labute approximate surface area is 91.5 Å². The Hall–Kier alpha value is -0.820. The quantitative estimate of drug-likeness (QED) is 0.662. The highest BCUT2D eigenvalue weighted by atomic mass is 19.4. The number of halogens is 3. The third kappa shape index (κ3) is 5.92. The van der Waals surface area contributed by atoms with Gasteiger partial charge in [-0.05, 0) is 13.0 Å². The monoisotopic (exact) mass is 240 g/mol. The van der Waals surface area contributed by atoms with Crippen molar-refractivity contribution in [2.75, 3.05) is 26.3 Å². The van der Waals surface area contributed by atoms with Crippen LogP contribution in [-0.2, 0) is 9.53 Å². The maximum absolute atomic E-state index is 11.7. The van der Waals surface area contributed by atoms with Crippen molar-refractivity contribution in [3.05, 3.63) is 0 Å². The van der Waals surface area contributed by atoms with Gasteiger partial charge in [0.05, 0.1) is 0 Å². The third-order valence-electron chi connectivity index (χ3n) is 2.14. The predicted octanol–water partition coefficient (Wildman–Crippen LogP) is 0.433. The minimum atomic E-state index is -4.25. The van der Waals surface area contributed by atoms with Crippen LogP contribution >= 0.6 is 0 Å². The molecule has 1 heterocycles. The molecule has 94 valence electrons. The van der Waals surface area contributed by atoms with Gasteiger partial charge in [0, 0.05) is 25.6 Å². The molecule has 0 spiro atoms. The molecule has 1 amide bonds. The van der Waals surface area contributed by atoms with Crippen LogP contribution in [0.15, 0.2) is 0 Å². The lowest BCUT2D eigenvalue weighted by molar-refractivity contribution is -0.174. The van der Waals surface area contributed by atoms with E-state index in [-0.39, 0.29) is 18.6 Å². The zero-order chi connectivity index (χ0) is 12.0. The Kier molecular flexibility index (Phi) is 5.01. The van der Waals surface area contributed by atoms with Crippen LogP contribution < -0.4 is 10.6 Å². The van der Waals surface area contributed by atoms with E-state index in [1.165, 1.54) is 0 Å². The van der Waals surface area contributed by atoms with Crippen molar-refractivity contribution in [1.82, 2.24) is 10.6 Å². The van der Waals surface area contributed by atoms with E-state index >= 15 is 0 Å². The number of hydrogen-bond donors (Lipinski definition) is 2. The molecule has 0 bridgehead atoms. The van der Waals surface area contributed by atoms with Gasteiger partial charge in [-0.1, -0.05) is 0 Å². The molecule has 1 rings (SSSR count). The van der Waals surface area contributed by atoms with E-state index in [4.69, 9.17) is 0 Å². The first-order valence-corrected chi connectivity index (χ1v) is 5.12. The molecule has 4 nitrogen and oxygen atoms in total. The standard InChI is InChI=1S/C9H15F3N2O2/c10-9(11,12)6-16-3-1-2-13-7-4-8(15)14-5-7/h7,13H,1-6H2,(H,14,15). The first kappa shape index (κ1) is 13.2. The molecule has 0 aromatic rings. The van der Waals surface area contributed by atoms with Crippen LogP contribution in [0.25, 0.3) is 0 Å². The Morgan fingerprint density at radius 1 is 1.50 bits per heavy atom. The second-order valence-electron chi connectivity index (χ2n) is 3.68. The summed E-state index contributed by atoms with van der Waals surface area (Å²) in [5.41, 5.74) is 0. The number of ether oxygens (including phenoxy) is 1. The fourth-order valence-corrected chi connectivity index (χ4v) is 1.42. The molecule has 7 heteroatoms. The van der Waals surface area contributed by atoms with Crippen molar-refractivity contribution in [2.24, 2.45) is 0 Å². The summed E-state index contributed by atoms with van der Waals surface area (Å²) in [5, 5.41) is 5.73. The van der Waals surface area contributed by atoms with E-state index in [9.17, 15) is 18.0 Å². The van der Waals surface area contributed by atoms with Crippen LogP contribution in [0.5, 0.6) is 0 Å². The topological polar surface area (TPSA) is 50.4 Å². The molecule has 1 fully saturated rings. The van der Waals surface area contributed by atoms with E-state index in [1.807, 2.05) is 0 Å². The van der Waals surface area contributed by atoms with Gasteiger partial charge in [-0.25, -0.2) is 0 Å². The minimum absolute atomic E-state index is 0.00539. The van der Waals surface area contributed by atoms with Crippen LogP contribution in [-0.4, -0.2) is 44.4 Å². The smallest absolute Gasteiger partial charge is 0.372 e. The number of hydrogen-bond acceptors (Lipinski definition) is 3. The second-order valence-corrected chi connectivity index (χ2v) is 3.68. The highest BCUT2D eigenvalue weighted by Crippen LogP contribution is 2.14. The van der Waals surface area contributed by atoms with E-state index in [0.717, 1.165) is 0 Å². The van der Waals surface area contributed by atoms with Crippen LogP contribution in [0.4, 0.5) is 13.2 Å². The van der Waals surface area contributed by atoms with Crippen LogP contribution in [0.1, 0.15) is 12.8 Å². The molecule has 0 aromatic heterocycles. The van der Waals surface area contributed by atoms with Crippen molar-refractivity contribution in [3.8, 4) is 0 Å². The molecule has 1 unspecified atom stereocenters. The summed E-state index contributed by atoms with van der Waals surface area (Å²) >= 11 is 0. The summed E-state index contributed by atoms with van der Waals surface area (Å²) in [5.74, 6) is 0.00539. The molecule has 0 radical (unpaired) electrons. The average molecular weight is 240 g/mol. The molecule has 0 aliphatic carbocycles. The van der Waals surface area contributed by atoms with E-state index < -0.39 is 12.8 Å². The van der Waals surface area contributed by atoms with Gasteiger partial charge < -0.3 is 15.4 Å². The van der Waals surface area contributed by atoms with Gasteiger partial charge in [-0.15, -0.1) is 0 Å². The maximum Gasteiger partial charge on any atom is 0.411 e. The summed E-state index contributed by atoms with van der Waals surface area (Å²) in [4.78, 5) is 10.8. The molecule has 1 aliphatic heterocycles. The molecule has 2 N–H and O–H groups in total. The van der Waals surface area contributed by atoms with Gasteiger partial charge >= 0.3 is 6.18 Å². The van der Waals surface area contributed by atoms with Crippen molar-refractivity contribution in [3.63, 3.8) is 0 Å². The molecule has 1 atom stereocenters. The van der Waals surface area contributed by atoms with Gasteiger partial charge in [0.2, 0.25) is 5.91 Å². The molecule has 0 aromatic carbocycles. The molecular formula is C9H15F3N2O2. The Morgan fingerprint density at radius 2 is 2.25 bits per heavy atom. The average Bonchev–Trinajstić information content (AvgIpc) is 2.56. The molecule has 1 saturated heterocycles. The largest absolute Gasteiger partial charge is 0.411 e. The zero-order valence-electron chi connectivity index (χ0n) is 8.77. The molecule has 16 heavy (non-hydrogen) atoms. The first-order valence-electron chi connectivity index (χ1n) is 5.12. The Morgan fingerprint density at radius 3 is 2.81 bits per heavy atom. The second kappa shape index (κ2) is 6.05. The minimum Gasteiger partial charge on any atom is -0.372 e. The summed E-state index contributed by atoms with van der Waals surface area (Å²) in [6.07, 6.45) is -3.32. The summed E-state index contributed by atoms with van der Waals surface area (Å²) in [6, 6.07) is 0.0927. The molecule has 1 aliphatic rings. The number of carbonyl (C=O) groups is 1. The zero-order valence-corrected chi connectivity index (χ0v) is 8.77. The fourth-order valence-electron chi connectivity index (χ4n) is 1.42. The highest BCUT2D eigenvalue weighted by molar-refractivity contribution is 5.78. The highest BCUT2D eigenvalue weighted by Gasteiger charge is 2.27. The number of alkyl halides is 3. The summed E-state index contributed by atoms with van der Waals surface area (Å²) in [6.45, 7) is 0.0107. The SMILES string of the molecule is O=C1CC(NCCCOCC(F)(F)F)CN1. The van der Waals surface area contributed by atoms with Crippen molar-refractivity contribution >= 4 is 5.91 Å². The molecular weight excluding hydrogens is 225 g/mol. The van der Waals surface area contributed by atoms with Crippen LogP contribution in [0.2, 0.25) is 0 Å². The fraction of sp³-hybridized carbons (Fsp3) is 0.889. The van der Waals surface area contributed by atoms with Gasteiger partial charge in [-0.3, -0.25) is 4.79 Å². The Balaban J connectivity index is 1.90. The maximum atomic E-state index is 11.7. The predicted molar refractivity (Wildman–Crippen MR) is 50.9 cm³/mol. The van der Waals surface area contributed by atoms with Crippen LogP contribution in [0.3, 0.4) is 0 Å². The van der Waals surface area contributed by atoms with E-state index in [1.54, 1.807) is 0 Å². The van der Waals surface area contributed by atoms with Gasteiger partial charge in [0.1, 0.15) is 6.61 Å². The number of rotatable bonds is 6. The number of nitrogens with one attached hydrogen (secondary N) is 2. The third-order valence-corrected chi connectivity index (χ3v) is 2.14. The summed E-state index contributed by atoms with van der Waals surface area (Å²) < 4.78 is 39.4. The first-order chi connectivity index (χ1) is 7.47. The van der Waals surface area contributed by atoms with Gasteiger partial charge in [-0.2, -0.15) is 13.2 Å². The van der Waals surface area contributed by atoms with Gasteiger partial charge in [0.25, 0.3) is 0 Å². The normalized spacial score (nSPS) is 21.2. The Bertz CT molecular complexity index is 233. The lowest BCUT2D eigenvalue weighted by Gasteiger charge is -2.10. The number of carbonyl (C=O) groups excluding carboxylic acids is 1.